The summed E-state index contributed by atoms with van der Waals surface area (Å²) in [5.41, 5.74) is 4.75. The Morgan fingerprint density at radius 2 is 1.41 bits per heavy atom. The lowest BCUT2D eigenvalue weighted by Crippen LogP contribution is -2.29. The Morgan fingerprint density at radius 1 is 0.824 bits per heavy atom. The van der Waals surface area contributed by atoms with E-state index in [1.54, 1.807) is 0 Å². The van der Waals surface area contributed by atoms with Gasteiger partial charge in [-0.25, -0.2) is 0 Å². The molecule has 188 valence electrons. The molecule has 5 nitrogen and oxygen atoms in total. The van der Waals surface area contributed by atoms with Gasteiger partial charge in [-0.1, -0.05) is 31.2 Å². The van der Waals surface area contributed by atoms with Gasteiger partial charge in [-0.3, -0.25) is 0 Å². The number of hydrogen-bond donors (Lipinski definition) is 1. The van der Waals surface area contributed by atoms with Crippen molar-refractivity contribution >= 4 is 0 Å². The molecule has 0 aromatic heterocycles. The molecule has 0 radical (unpaired) electrons. The first kappa shape index (κ1) is 26.5. The van der Waals surface area contributed by atoms with Gasteiger partial charge in [-0.15, -0.1) is 0 Å². The Labute approximate surface area is 206 Å². The average Bonchev–Trinajstić information content (AvgIpc) is 3.35. The van der Waals surface area contributed by atoms with Crippen LogP contribution in [0.5, 0.6) is 11.5 Å². The van der Waals surface area contributed by atoms with Gasteiger partial charge in [-0.05, 0) is 100.0 Å². The predicted molar refractivity (Wildman–Crippen MR) is 141 cm³/mol. The van der Waals surface area contributed by atoms with Gasteiger partial charge in [0.25, 0.3) is 0 Å². The zero-order valence-electron chi connectivity index (χ0n) is 21.5. The fraction of sp³-hybridized carbons (Fsp3) is 0.586. The van der Waals surface area contributed by atoms with E-state index < -0.39 is 0 Å². The minimum atomic E-state index is 0.211. The highest BCUT2D eigenvalue weighted by atomic mass is 16.5. The molecular weight excluding hydrogens is 424 g/mol. The van der Waals surface area contributed by atoms with Crippen molar-refractivity contribution in [1.82, 2.24) is 9.80 Å². The largest absolute Gasteiger partial charge is 0.493 e. The molecule has 0 atom stereocenters. The molecule has 3 rings (SSSR count). The van der Waals surface area contributed by atoms with Crippen LogP contribution in [0.15, 0.2) is 36.4 Å². The van der Waals surface area contributed by atoms with Crippen molar-refractivity contribution in [2.75, 3.05) is 59.1 Å². The topological polar surface area (TPSA) is 45.2 Å². The van der Waals surface area contributed by atoms with Gasteiger partial charge in [0.2, 0.25) is 0 Å². The van der Waals surface area contributed by atoms with E-state index in [2.05, 4.69) is 67.0 Å². The van der Waals surface area contributed by atoms with Crippen molar-refractivity contribution in [2.24, 2.45) is 0 Å². The minimum absolute atomic E-state index is 0.211. The maximum atomic E-state index is 9.24. The second-order valence-corrected chi connectivity index (χ2v) is 9.38. The zero-order valence-corrected chi connectivity index (χ0v) is 21.5. The molecule has 1 aliphatic rings. The summed E-state index contributed by atoms with van der Waals surface area (Å²) >= 11 is 0. The summed E-state index contributed by atoms with van der Waals surface area (Å²) in [7, 11) is 0. The Kier molecular flexibility index (Phi) is 11.2. The molecule has 1 N–H and O–H groups in total. The quantitative estimate of drug-likeness (QED) is 0.359. The molecule has 0 saturated carbocycles. The van der Waals surface area contributed by atoms with Crippen molar-refractivity contribution in [3.8, 4) is 22.6 Å². The third kappa shape index (κ3) is 7.72. The number of benzene rings is 2. The molecule has 0 aliphatic carbocycles. The standard InChI is InChI=1S/C29H44N2O3/c1-4-15-30(20-21-32)18-9-22-33-28-13-7-11-26(24(28)2)27-12-8-14-29(25(27)3)34-23-10-19-31-16-5-6-17-31/h7-8,11-14,32H,4-6,9-10,15-23H2,1-3H3. The summed E-state index contributed by atoms with van der Waals surface area (Å²) in [6.45, 7) is 14.4. The van der Waals surface area contributed by atoms with E-state index >= 15 is 0 Å². The molecule has 0 spiro atoms. The van der Waals surface area contributed by atoms with Crippen LogP contribution in [-0.4, -0.2) is 74.0 Å². The fourth-order valence-corrected chi connectivity index (χ4v) is 4.87. The van der Waals surface area contributed by atoms with Crippen molar-refractivity contribution < 1.29 is 14.6 Å². The lowest BCUT2D eigenvalue weighted by molar-refractivity contribution is 0.183. The molecule has 1 saturated heterocycles. The molecule has 34 heavy (non-hydrogen) atoms. The highest BCUT2D eigenvalue weighted by Crippen LogP contribution is 2.35. The lowest BCUT2D eigenvalue weighted by Gasteiger charge is -2.21. The smallest absolute Gasteiger partial charge is 0.122 e. The first-order chi connectivity index (χ1) is 16.6. The van der Waals surface area contributed by atoms with Gasteiger partial charge in [-0.2, -0.15) is 0 Å². The number of nitrogens with zero attached hydrogens (tertiary/aromatic N) is 2. The Bertz CT molecular complexity index is 858. The van der Waals surface area contributed by atoms with E-state index in [0.29, 0.717) is 6.61 Å². The number of aliphatic hydroxyl groups excluding tert-OH is 1. The first-order valence-corrected chi connectivity index (χ1v) is 13.1. The van der Waals surface area contributed by atoms with Crippen molar-refractivity contribution in [3.05, 3.63) is 47.5 Å². The number of likely N-dealkylation sites (tertiary alicyclic amines) is 1. The van der Waals surface area contributed by atoms with Crippen LogP contribution in [-0.2, 0) is 0 Å². The van der Waals surface area contributed by atoms with Crippen LogP contribution in [0.1, 0.15) is 50.2 Å². The normalized spacial score (nSPS) is 14.1. The first-order valence-electron chi connectivity index (χ1n) is 13.1. The Hall–Kier alpha value is -2.08. The van der Waals surface area contributed by atoms with Crippen molar-refractivity contribution in [3.63, 3.8) is 0 Å². The summed E-state index contributed by atoms with van der Waals surface area (Å²) in [6.07, 6.45) is 5.79. The van der Waals surface area contributed by atoms with E-state index in [1.807, 2.05) is 0 Å². The summed E-state index contributed by atoms with van der Waals surface area (Å²) in [4.78, 5) is 4.84. The summed E-state index contributed by atoms with van der Waals surface area (Å²) < 4.78 is 12.4. The zero-order chi connectivity index (χ0) is 24.2. The molecule has 2 aromatic carbocycles. The summed E-state index contributed by atoms with van der Waals surface area (Å²) in [6, 6.07) is 12.7. The lowest BCUT2D eigenvalue weighted by atomic mass is 9.95. The molecule has 0 unspecified atom stereocenters. The second kappa shape index (κ2) is 14.3. The maximum absolute atomic E-state index is 9.24. The van der Waals surface area contributed by atoms with Gasteiger partial charge in [0.05, 0.1) is 19.8 Å². The van der Waals surface area contributed by atoms with Gasteiger partial charge in [0.15, 0.2) is 0 Å². The van der Waals surface area contributed by atoms with Gasteiger partial charge in [0.1, 0.15) is 11.5 Å². The van der Waals surface area contributed by atoms with Gasteiger partial charge >= 0.3 is 0 Å². The average molecular weight is 469 g/mol. The SMILES string of the molecule is CCCN(CCO)CCCOc1cccc(-c2cccc(OCCCN3CCCC3)c2C)c1C. The number of ether oxygens (including phenoxy) is 2. The van der Waals surface area contributed by atoms with Crippen LogP contribution in [0.2, 0.25) is 0 Å². The Balaban J connectivity index is 1.57. The van der Waals surface area contributed by atoms with Crippen LogP contribution in [0, 0.1) is 13.8 Å². The van der Waals surface area contributed by atoms with Crippen LogP contribution in [0.25, 0.3) is 11.1 Å². The molecule has 1 fully saturated rings. The van der Waals surface area contributed by atoms with Crippen LogP contribution in [0.4, 0.5) is 0 Å². The fourth-order valence-electron chi connectivity index (χ4n) is 4.87. The summed E-state index contributed by atoms with van der Waals surface area (Å²) in [5, 5.41) is 9.24. The van der Waals surface area contributed by atoms with Crippen molar-refractivity contribution in [2.45, 2.75) is 52.9 Å². The van der Waals surface area contributed by atoms with Gasteiger partial charge in [0, 0.05) is 19.6 Å². The Morgan fingerprint density at radius 3 is 1.97 bits per heavy atom. The number of hydrogen-bond acceptors (Lipinski definition) is 5. The van der Waals surface area contributed by atoms with Crippen LogP contribution < -0.4 is 9.47 Å². The van der Waals surface area contributed by atoms with E-state index in [0.717, 1.165) is 69.1 Å². The van der Waals surface area contributed by atoms with Crippen LogP contribution in [0.3, 0.4) is 0 Å². The molecule has 2 aromatic rings. The van der Waals surface area contributed by atoms with Crippen molar-refractivity contribution in [1.29, 1.82) is 0 Å². The minimum Gasteiger partial charge on any atom is -0.493 e. The molecule has 0 bridgehead atoms. The summed E-state index contributed by atoms with van der Waals surface area (Å²) in [5.74, 6) is 1.92. The maximum Gasteiger partial charge on any atom is 0.122 e. The third-order valence-electron chi connectivity index (χ3n) is 6.77. The number of rotatable bonds is 15. The molecule has 1 aliphatic heterocycles. The van der Waals surface area contributed by atoms with E-state index in [4.69, 9.17) is 9.47 Å². The number of aliphatic hydroxyl groups is 1. The monoisotopic (exact) mass is 468 g/mol. The predicted octanol–water partition coefficient (Wildman–Crippen LogP) is 5.31. The molecular formula is C29H44N2O3. The molecule has 1 heterocycles. The molecule has 5 heteroatoms. The van der Waals surface area contributed by atoms with Gasteiger partial charge < -0.3 is 24.4 Å². The van der Waals surface area contributed by atoms with Crippen LogP contribution >= 0.6 is 0 Å². The van der Waals surface area contributed by atoms with E-state index in [1.165, 1.54) is 42.6 Å². The van der Waals surface area contributed by atoms with E-state index in [-0.39, 0.29) is 6.61 Å². The molecule has 0 amide bonds. The highest BCUT2D eigenvalue weighted by Gasteiger charge is 2.14. The third-order valence-corrected chi connectivity index (χ3v) is 6.77. The highest BCUT2D eigenvalue weighted by molar-refractivity contribution is 5.74. The van der Waals surface area contributed by atoms with E-state index in [9.17, 15) is 5.11 Å². The second-order valence-electron chi connectivity index (χ2n) is 9.38.